The van der Waals surface area contributed by atoms with Crippen LogP contribution in [0.1, 0.15) is 5.56 Å². The number of rotatable bonds is 5. The molecule has 0 aliphatic rings. The fraction of sp³-hybridized carbons (Fsp3) is 0.0476. The zero-order chi connectivity index (χ0) is 20.2. The quantitative estimate of drug-likeness (QED) is 0.486. The largest absolute Gasteiger partial charge is 0.334 e. The number of hydrogen-bond donors (Lipinski definition) is 1. The molecule has 29 heavy (non-hydrogen) atoms. The van der Waals surface area contributed by atoms with Crippen LogP contribution in [0.4, 0.5) is 5.69 Å². The van der Waals surface area contributed by atoms with E-state index in [0.29, 0.717) is 28.7 Å². The van der Waals surface area contributed by atoms with E-state index < -0.39 is 0 Å². The average molecular weight is 448 g/mol. The molecule has 4 aromatic rings. The fourth-order valence-electron chi connectivity index (χ4n) is 2.81. The summed E-state index contributed by atoms with van der Waals surface area (Å²) in [6.07, 6.45) is 1.77. The van der Waals surface area contributed by atoms with Crippen LogP contribution in [0.25, 0.3) is 23.0 Å². The van der Waals surface area contributed by atoms with E-state index in [1.807, 2.05) is 42.5 Å². The summed E-state index contributed by atoms with van der Waals surface area (Å²) < 4.78 is 8.09. The lowest BCUT2D eigenvalue weighted by atomic mass is 10.2. The molecular weight excluding hydrogens is 434 g/mol. The molecule has 1 amide bonds. The Morgan fingerprint density at radius 1 is 1.17 bits per heavy atom. The lowest BCUT2D eigenvalue weighted by molar-refractivity contribution is -0.116. The second-order valence-corrected chi connectivity index (χ2v) is 7.11. The van der Waals surface area contributed by atoms with Crippen LogP contribution in [0, 0.1) is 11.3 Å². The van der Waals surface area contributed by atoms with Crippen molar-refractivity contribution in [3.8, 4) is 29.0 Å². The number of nitrogens with zero attached hydrogens (tertiary/aromatic N) is 4. The van der Waals surface area contributed by atoms with Crippen molar-refractivity contribution in [2.24, 2.45) is 0 Å². The zero-order valence-corrected chi connectivity index (χ0v) is 16.6. The number of aromatic nitrogens is 3. The Bertz CT molecular complexity index is 1200. The minimum absolute atomic E-state index is 0.0646. The van der Waals surface area contributed by atoms with E-state index in [9.17, 15) is 4.79 Å². The van der Waals surface area contributed by atoms with Gasteiger partial charge in [0, 0.05) is 21.9 Å². The lowest BCUT2D eigenvalue weighted by Gasteiger charge is -2.08. The Balaban J connectivity index is 1.51. The smallest absolute Gasteiger partial charge is 0.274 e. The molecule has 2 aromatic heterocycles. The summed E-state index contributed by atoms with van der Waals surface area (Å²) in [4.78, 5) is 16.9. The van der Waals surface area contributed by atoms with Crippen molar-refractivity contribution >= 4 is 27.5 Å². The predicted octanol–water partition coefficient (Wildman–Crippen LogP) is 4.48. The molecule has 1 N–H and O–H groups in total. The number of carbonyl (C=O) groups is 1. The number of nitrogens with one attached hydrogen (secondary N) is 1. The number of hydrogen-bond acceptors (Lipinski definition) is 5. The Morgan fingerprint density at radius 3 is 2.79 bits per heavy atom. The molecule has 0 unspecified atom stereocenters. The van der Waals surface area contributed by atoms with Crippen LogP contribution in [-0.4, -0.2) is 20.6 Å². The second-order valence-electron chi connectivity index (χ2n) is 6.19. The van der Waals surface area contributed by atoms with E-state index in [2.05, 4.69) is 31.4 Å². The molecular formula is C21H14BrN5O2. The Hall–Kier alpha value is -3.70. The summed E-state index contributed by atoms with van der Waals surface area (Å²) in [5, 5.41) is 15.8. The average Bonchev–Trinajstić information content (AvgIpc) is 3.38. The standard InChI is InChI=1S/C21H14BrN5O2/c22-16-8-6-15(7-9-16)20-25-21(29-26-20)18-5-2-10-27(18)13-19(28)24-17-4-1-3-14(11-17)12-23/h1-11H,13H2,(H,24,28). The third-order valence-electron chi connectivity index (χ3n) is 4.17. The summed E-state index contributed by atoms with van der Waals surface area (Å²) in [5.74, 6) is 0.565. The van der Waals surface area contributed by atoms with Crippen molar-refractivity contribution in [1.82, 2.24) is 14.7 Å². The van der Waals surface area contributed by atoms with Gasteiger partial charge in [0.15, 0.2) is 0 Å². The number of carbonyl (C=O) groups excluding carboxylic acids is 1. The van der Waals surface area contributed by atoms with Gasteiger partial charge in [0.2, 0.25) is 11.7 Å². The molecule has 2 aromatic carbocycles. The molecule has 0 aliphatic heterocycles. The Labute approximate surface area is 174 Å². The first kappa shape index (κ1) is 18.7. The van der Waals surface area contributed by atoms with Crippen molar-refractivity contribution < 1.29 is 9.32 Å². The summed E-state index contributed by atoms with van der Waals surface area (Å²) in [5.41, 5.74) is 2.52. The number of anilines is 1. The molecule has 0 spiro atoms. The van der Waals surface area contributed by atoms with Crippen LogP contribution in [-0.2, 0) is 11.3 Å². The first-order chi connectivity index (χ1) is 14.1. The molecule has 0 radical (unpaired) electrons. The van der Waals surface area contributed by atoms with Crippen LogP contribution in [0.15, 0.2) is 75.9 Å². The maximum atomic E-state index is 12.4. The van der Waals surface area contributed by atoms with Crippen molar-refractivity contribution in [3.63, 3.8) is 0 Å². The molecule has 0 atom stereocenters. The molecule has 142 valence electrons. The predicted molar refractivity (Wildman–Crippen MR) is 111 cm³/mol. The van der Waals surface area contributed by atoms with E-state index in [1.54, 1.807) is 35.0 Å². The maximum Gasteiger partial charge on any atom is 0.274 e. The number of nitriles is 1. The number of amides is 1. The molecule has 0 saturated heterocycles. The van der Waals surface area contributed by atoms with Crippen LogP contribution < -0.4 is 5.32 Å². The Kier molecular flexibility index (Phi) is 5.22. The van der Waals surface area contributed by atoms with Crippen LogP contribution in [0.5, 0.6) is 0 Å². The summed E-state index contributed by atoms with van der Waals surface area (Å²) in [6.45, 7) is 0.0646. The van der Waals surface area contributed by atoms with Gasteiger partial charge in [-0.25, -0.2) is 0 Å². The SMILES string of the molecule is N#Cc1cccc(NC(=O)Cn2cccc2-c2nc(-c3ccc(Br)cc3)no2)c1. The van der Waals surface area contributed by atoms with Crippen molar-refractivity contribution in [1.29, 1.82) is 5.26 Å². The molecule has 7 nitrogen and oxygen atoms in total. The van der Waals surface area contributed by atoms with Gasteiger partial charge in [-0.05, 0) is 54.6 Å². The molecule has 2 heterocycles. The number of halogens is 1. The van der Waals surface area contributed by atoms with Crippen LogP contribution in [0.2, 0.25) is 0 Å². The topological polar surface area (TPSA) is 96.7 Å². The van der Waals surface area contributed by atoms with E-state index in [0.717, 1.165) is 10.0 Å². The second kappa shape index (κ2) is 8.12. The highest BCUT2D eigenvalue weighted by molar-refractivity contribution is 9.10. The molecule has 0 fully saturated rings. The van der Waals surface area contributed by atoms with Gasteiger partial charge in [0.25, 0.3) is 5.89 Å². The Morgan fingerprint density at radius 2 is 2.00 bits per heavy atom. The van der Waals surface area contributed by atoms with E-state index in [1.165, 1.54) is 0 Å². The van der Waals surface area contributed by atoms with Crippen molar-refractivity contribution in [3.05, 3.63) is 76.9 Å². The fourth-order valence-corrected chi connectivity index (χ4v) is 3.08. The third kappa shape index (κ3) is 4.25. The van der Waals surface area contributed by atoms with Gasteiger partial charge < -0.3 is 14.4 Å². The van der Waals surface area contributed by atoms with Crippen LogP contribution >= 0.6 is 15.9 Å². The van der Waals surface area contributed by atoms with E-state index in [4.69, 9.17) is 9.78 Å². The van der Waals surface area contributed by atoms with Gasteiger partial charge in [-0.2, -0.15) is 10.2 Å². The van der Waals surface area contributed by atoms with Crippen molar-refractivity contribution in [2.75, 3.05) is 5.32 Å². The molecule has 4 rings (SSSR count). The highest BCUT2D eigenvalue weighted by Crippen LogP contribution is 2.24. The molecule has 0 aliphatic carbocycles. The zero-order valence-electron chi connectivity index (χ0n) is 15.0. The van der Waals surface area contributed by atoms with Gasteiger partial charge in [-0.15, -0.1) is 0 Å². The first-order valence-corrected chi connectivity index (χ1v) is 9.47. The normalized spacial score (nSPS) is 10.5. The summed E-state index contributed by atoms with van der Waals surface area (Å²) >= 11 is 3.40. The van der Waals surface area contributed by atoms with Gasteiger partial charge in [0.1, 0.15) is 12.2 Å². The molecule has 0 saturated carbocycles. The van der Waals surface area contributed by atoms with Crippen LogP contribution in [0.3, 0.4) is 0 Å². The van der Waals surface area contributed by atoms with E-state index >= 15 is 0 Å². The monoisotopic (exact) mass is 447 g/mol. The van der Waals surface area contributed by atoms with Crippen molar-refractivity contribution in [2.45, 2.75) is 6.54 Å². The van der Waals surface area contributed by atoms with Gasteiger partial charge >= 0.3 is 0 Å². The van der Waals surface area contributed by atoms with E-state index in [-0.39, 0.29) is 12.5 Å². The molecule has 8 heteroatoms. The van der Waals surface area contributed by atoms with Gasteiger partial charge in [-0.1, -0.05) is 27.2 Å². The summed E-state index contributed by atoms with van der Waals surface area (Å²) in [6, 6.07) is 20.0. The summed E-state index contributed by atoms with van der Waals surface area (Å²) in [7, 11) is 0. The minimum Gasteiger partial charge on any atom is -0.334 e. The lowest BCUT2D eigenvalue weighted by Crippen LogP contribution is -2.18. The number of benzene rings is 2. The van der Waals surface area contributed by atoms with Gasteiger partial charge in [-0.3, -0.25) is 4.79 Å². The first-order valence-electron chi connectivity index (χ1n) is 8.67. The maximum absolute atomic E-state index is 12.4. The minimum atomic E-state index is -0.231. The molecule has 0 bridgehead atoms. The highest BCUT2D eigenvalue weighted by atomic mass is 79.9. The third-order valence-corrected chi connectivity index (χ3v) is 4.70. The van der Waals surface area contributed by atoms with Gasteiger partial charge in [0.05, 0.1) is 11.6 Å². The highest BCUT2D eigenvalue weighted by Gasteiger charge is 2.15.